The van der Waals surface area contributed by atoms with Crippen LogP contribution < -0.4 is 30.7 Å². The molecule has 0 heterocycles. The third-order valence-electron chi connectivity index (χ3n) is 8.55. The Balaban J connectivity index is 1.38. The fourth-order valence-electron chi connectivity index (χ4n) is 5.94. The van der Waals surface area contributed by atoms with Gasteiger partial charge < -0.3 is 9.47 Å². The van der Waals surface area contributed by atoms with Crippen molar-refractivity contribution in [3.8, 4) is 11.5 Å². The number of rotatable bonds is 15. The minimum absolute atomic E-state index is 0.256. The molecule has 0 aliphatic rings. The molecule has 0 aromatic heterocycles. The predicted octanol–water partition coefficient (Wildman–Crippen LogP) is 8.89. The number of methoxy groups -OCH3 is 2. The first-order valence-electron chi connectivity index (χ1n) is 16.8. The van der Waals surface area contributed by atoms with Crippen molar-refractivity contribution in [1.29, 1.82) is 0 Å². The fourth-order valence-corrected chi connectivity index (χ4v) is 10.0. The molecule has 0 saturated carbocycles. The summed E-state index contributed by atoms with van der Waals surface area (Å²) >= 11 is 0. The van der Waals surface area contributed by atoms with Crippen LogP contribution in [0.25, 0.3) is 0 Å². The summed E-state index contributed by atoms with van der Waals surface area (Å²) in [7, 11) is 2.13. The normalized spacial score (nSPS) is 12.8. The van der Waals surface area contributed by atoms with Crippen LogP contribution in [-0.2, 0) is 0 Å². The van der Waals surface area contributed by atoms with Crippen LogP contribution in [0.4, 0.5) is 0 Å². The lowest BCUT2D eigenvalue weighted by Crippen LogP contribution is -2.16. The van der Waals surface area contributed by atoms with Gasteiger partial charge in [-0.25, -0.2) is 0 Å². The van der Waals surface area contributed by atoms with Crippen LogP contribution in [0, 0.1) is 0 Å². The first kappa shape index (κ1) is 35.0. The second-order valence-corrected chi connectivity index (χ2v) is 16.2. The Morgan fingerprint density at radius 2 is 0.700 bits per heavy atom. The van der Waals surface area contributed by atoms with E-state index in [1.807, 2.05) is 24.3 Å². The highest BCUT2D eigenvalue weighted by Gasteiger charge is 2.25. The smallest absolute Gasteiger partial charge is 0.118 e. The van der Waals surface area contributed by atoms with Gasteiger partial charge in [0.2, 0.25) is 0 Å². The average Bonchev–Trinajstić information content (AvgIpc) is 3.20. The van der Waals surface area contributed by atoms with Crippen molar-refractivity contribution >= 4 is 49.5 Å². The standard InChI is InChI=1S/C44H42N2O2P2/c1-47-37-27-23-35(24-28-37)43(45-31-33-49(39-15-7-3-8-16-39)40-17-9-4-10-18-40)44(36-25-29-38(48-2)30-26-36)46-32-34-50(41-19-11-5-12-20-41)42-21-13-6-14-22-42/h3-32,43-44H,33-34H2,1-2H3/t43-,44-/m1/s1. The summed E-state index contributed by atoms with van der Waals surface area (Å²) in [5, 5.41) is 5.34. The molecular weight excluding hydrogens is 650 g/mol. The zero-order valence-electron chi connectivity index (χ0n) is 28.5. The summed E-state index contributed by atoms with van der Waals surface area (Å²) in [6.45, 7) is 0. The second kappa shape index (κ2) is 18.2. The molecule has 0 fully saturated rings. The molecule has 6 aromatic carbocycles. The van der Waals surface area contributed by atoms with Crippen LogP contribution >= 0.6 is 15.8 Å². The van der Waals surface area contributed by atoms with E-state index in [0.29, 0.717) is 0 Å². The molecule has 0 radical (unpaired) electrons. The summed E-state index contributed by atoms with van der Waals surface area (Å²) in [5.74, 6) is 1.63. The summed E-state index contributed by atoms with van der Waals surface area (Å²) in [5.41, 5.74) is 2.16. The molecule has 0 aliphatic carbocycles. The van der Waals surface area contributed by atoms with Crippen molar-refractivity contribution in [2.75, 3.05) is 26.5 Å². The molecule has 0 bridgehead atoms. The van der Waals surface area contributed by atoms with Crippen LogP contribution in [0.1, 0.15) is 23.2 Å². The second-order valence-electron chi connectivity index (χ2n) is 11.7. The van der Waals surface area contributed by atoms with Gasteiger partial charge in [0.1, 0.15) is 23.6 Å². The van der Waals surface area contributed by atoms with Gasteiger partial charge in [-0.2, -0.15) is 0 Å². The highest BCUT2D eigenvalue weighted by Crippen LogP contribution is 2.39. The van der Waals surface area contributed by atoms with Gasteiger partial charge in [0.05, 0.1) is 14.2 Å². The van der Waals surface area contributed by atoms with E-state index in [1.54, 1.807) is 14.2 Å². The average molecular weight is 693 g/mol. The number of ether oxygens (including phenoxy) is 2. The quantitative estimate of drug-likeness (QED) is 0.0798. The number of nitrogens with zero attached hydrogens (tertiary/aromatic N) is 2. The zero-order chi connectivity index (χ0) is 34.4. The fraction of sp³-hybridized carbons (Fsp3) is 0.136. The number of benzene rings is 6. The highest BCUT2D eigenvalue weighted by atomic mass is 31.1. The maximum Gasteiger partial charge on any atom is 0.118 e. The van der Waals surface area contributed by atoms with Gasteiger partial charge in [0.25, 0.3) is 0 Å². The molecule has 0 N–H and O–H groups in total. The van der Waals surface area contributed by atoms with Crippen molar-refractivity contribution < 1.29 is 9.47 Å². The predicted molar refractivity (Wildman–Crippen MR) is 216 cm³/mol. The van der Waals surface area contributed by atoms with Gasteiger partial charge in [-0.05, 0) is 72.5 Å². The summed E-state index contributed by atoms with van der Waals surface area (Å²) in [4.78, 5) is 10.8. The van der Waals surface area contributed by atoms with E-state index in [-0.39, 0.29) is 12.1 Å². The largest absolute Gasteiger partial charge is 0.497 e. The minimum atomic E-state index is -0.631. The van der Waals surface area contributed by atoms with E-state index in [9.17, 15) is 0 Å². The van der Waals surface area contributed by atoms with Gasteiger partial charge in [0.15, 0.2) is 0 Å². The minimum Gasteiger partial charge on any atom is -0.497 e. The van der Waals surface area contributed by atoms with Crippen molar-refractivity contribution in [2.45, 2.75) is 12.1 Å². The molecule has 0 unspecified atom stereocenters. The molecule has 250 valence electrons. The van der Waals surface area contributed by atoms with Gasteiger partial charge in [-0.1, -0.05) is 146 Å². The van der Waals surface area contributed by atoms with E-state index in [4.69, 9.17) is 19.5 Å². The van der Waals surface area contributed by atoms with Gasteiger partial charge >= 0.3 is 0 Å². The summed E-state index contributed by atoms with van der Waals surface area (Å²) < 4.78 is 11.1. The number of hydrogen-bond donors (Lipinski definition) is 0. The molecule has 6 rings (SSSR count). The lowest BCUT2D eigenvalue weighted by atomic mass is 9.94. The summed E-state index contributed by atoms with van der Waals surface area (Å²) in [6, 6.07) is 59.2. The monoisotopic (exact) mass is 692 g/mol. The number of hydrogen-bond acceptors (Lipinski definition) is 4. The van der Waals surface area contributed by atoms with Crippen molar-refractivity contribution in [3.05, 3.63) is 181 Å². The van der Waals surface area contributed by atoms with Crippen LogP contribution in [0.5, 0.6) is 11.5 Å². The van der Waals surface area contributed by atoms with Crippen LogP contribution in [0.3, 0.4) is 0 Å². The Kier molecular flexibility index (Phi) is 12.7. The molecule has 0 amide bonds. The maximum absolute atomic E-state index is 5.53. The summed E-state index contributed by atoms with van der Waals surface area (Å²) in [6.07, 6.45) is 5.91. The van der Waals surface area contributed by atoms with Crippen LogP contribution in [-0.4, -0.2) is 39.0 Å². The Morgan fingerprint density at radius 3 is 0.960 bits per heavy atom. The third-order valence-corrected chi connectivity index (χ3v) is 13.3. The van der Waals surface area contributed by atoms with Crippen molar-refractivity contribution in [1.82, 2.24) is 0 Å². The molecule has 0 aliphatic heterocycles. The molecule has 6 aromatic rings. The first-order chi connectivity index (χ1) is 24.7. The highest BCUT2D eigenvalue weighted by molar-refractivity contribution is 7.74. The zero-order valence-corrected chi connectivity index (χ0v) is 30.3. The van der Waals surface area contributed by atoms with Gasteiger partial charge in [0, 0.05) is 24.8 Å². The molecule has 50 heavy (non-hydrogen) atoms. The van der Waals surface area contributed by atoms with E-state index in [2.05, 4.69) is 158 Å². The topological polar surface area (TPSA) is 43.2 Å². The van der Waals surface area contributed by atoms with E-state index < -0.39 is 15.8 Å². The Morgan fingerprint density at radius 1 is 0.420 bits per heavy atom. The van der Waals surface area contributed by atoms with Crippen molar-refractivity contribution in [2.24, 2.45) is 9.98 Å². The Hall–Kier alpha value is -4.88. The van der Waals surface area contributed by atoms with Crippen molar-refractivity contribution in [3.63, 3.8) is 0 Å². The van der Waals surface area contributed by atoms with Crippen LogP contribution in [0.2, 0.25) is 0 Å². The molecular formula is C44H42N2O2P2. The number of aliphatic imine (C=N–C) groups is 2. The van der Waals surface area contributed by atoms with E-state index in [0.717, 1.165) is 34.9 Å². The molecule has 0 spiro atoms. The Bertz CT molecular complexity index is 1700. The SMILES string of the molecule is COc1ccc([C@@H](N=CCP(c2ccccc2)c2ccccc2)[C@H](N=CCP(c2ccccc2)c2ccccc2)c2ccc(OC)cc2)cc1. The molecule has 0 saturated heterocycles. The molecule has 4 nitrogen and oxygen atoms in total. The lowest BCUT2D eigenvalue weighted by Gasteiger charge is -2.24. The van der Waals surface area contributed by atoms with E-state index in [1.165, 1.54) is 21.2 Å². The maximum atomic E-state index is 5.53. The van der Waals surface area contributed by atoms with Crippen LogP contribution in [0.15, 0.2) is 180 Å². The lowest BCUT2D eigenvalue weighted by molar-refractivity contribution is 0.414. The van der Waals surface area contributed by atoms with Gasteiger partial charge in [-0.3, -0.25) is 9.98 Å². The Labute approximate surface area is 299 Å². The molecule has 2 atom stereocenters. The third kappa shape index (κ3) is 9.21. The van der Waals surface area contributed by atoms with E-state index >= 15 is 0 Å². The molecule has 6 heteroatoms. The first-order valence-corrected chi connectivity index (χ1v) is 19.9. The van der Waals surface area contributed by atoms with Gasteiger partial charge in [-0.15, -0.1) is 0 Å².